The Morgan fingerprint density at radius 2 is 1.21 bits per heavy atom. The van der Waals surface area contributed by atoms with Gasteiger partial charge in [-0.05, 0) is 0 Å². The summed E-state index contributed by atoms with van der Waals surface area (Å²) in [6, 6.07) is 12.0. The lowest BCUT2D eigenvalue weighted by molar-refractivity contribution is -0.136. The van der Waals surface area contributed by atoms with E-state index in [1.807, 2.05) is 36.4 Å². The lowest BCUT2D eigenvalue weighted by atomic mass is 10.0. The maximum atomic E-state index is 9.90. The molecular formula is C12H20O6S. The highest BCUT2D eigenvalue weighted by atomic mass is 32.1. The molecule has 0 fully saturated rings. The second-order valence-electron chi connectivity index (χ2n) is 3.51. The van der Waals surface area contributed by atoms with Crippen LogP contribution in [-0.4, -0.2) is 62.8 Å². The van der Waals surface area contributed by atoms with Gasteiger partial charge in [-0.15, -0.1) is 0 Å². The lowest BCUT2D eigenvalue weighted by Gasteiger charge is -2.22. The van der Waals surface area contributed by atoms with E-state index >= 15 is 0 Å². The molecular weight excluding hydrogens is 272 g/mol. The van der Waals surface area contributed by atoms with Crippen molar-refractivity contribution >= 4 is 19.8 Å². The summed E-state index contributed by atoms with van der Waals surface area (Å²) in [5.41, 5.74) is 0. The molecule has 6 nitrogen and oxygen atoms in total. The van der Waals surface area contributed by atoms with Crippen molar-refractivity contribution < 1.29 is 30.3 Å². The van der Waals surface area contributed by atoms with Gasteiger partial charge in [0.05, 0.1) is 6.61 Å². The monoisotopic (exact) mass is 292 g/mol. The van der Waals surface area contributed by atoms with Crippen molar-refractivity contribution in [1.82, 2.24) is 0 Å². The Morgan fingerprint density at radius 3 is 1.47 bits per heavy atom. The molecule has 1 aromatic rings. The number of rotatable bonds is 5. The zero-order chi connectivity index (χ0) is 14.0. The summed E-state index contributed by atoms with van der Waals surface area (Å²) in [7, 11) is 0. The number of hydrogen-bond donors (Lipinski definition) is 5. The van der Waals surface area contributed by atoms with Crippen LogP contribution in [0.2, 0.25) is 0 Å². The normalized spacial score (nSPS) is 15.8. The molecule has 4 atom stereocenters. The van der Waals surface area contributed by atoms with Gasteiger partial charge in [0.2, 0.25) is 0 Å². The van der Waals surface area contributed by atoms with Gasteiger partial charge in [0.25, 0.3) is 0 Å². The number of aliphatic hydroxyl groups excluding tert-OH is 5. The summed E-state index contributed by atoms with van der Waals surface area (Å²) < 4.78 is 0. The first-order valence-corrected chi connectivity index (χ1v) is 5.33. The molecule has 0 aliphatic carbocycles. The Morgan fingerprint density at radius 1 is 0.842 bits per heavy atom. The summed E-state index contributed by atoms with van der Waals surface area (Å²) in [6.45, 7) is -0.760. The van der Waals surface area contributed by atoms with E-state index in [-0.39, 0.29) is 19.8 Å². The van der Waals surface area contributed by atoms with Gasteiger partial charge < -0.3 is 30.3 Å². The quantitative estimate of drug-likeness (QED) is 0.418. The van der Waals surface area contributed by atoms with Crippen LogP contribution < -0.4 is 0 Å². The lowest BCUT2D eigenvalue weighted by Crippen LogP contribution is -2.46. The van der Waals surface area contributed by atoms with Crippen LogP contribution in [0.3, 0.4) is 0 Å². The van der Waals surface area contributed by atoms with Crippen molar-refractivity contribution in [2.24, 2.45) is 0 Å². The van der Waals surface area contributed by atoms with Gasteiger partial charge in [-0.25, -0.2) is 0 Å². The fraction of sp³-hybridized carbons (Fsp3) is 0.417. The molecule has 0 saturated carbocycles. The highest BCUT2D eigenvalue weighted by Gasteiger charge is 2.29. The highest BCUT2D eigenvalue weighted by molar-refractivity contribution is 7.59. The third kappa shape index (κ3) is 8.71. The number of benzene rings is 1. The van der Waals surface area contributed by atoms with Crippen LogP contribution >= 0.6 is 13.5 Å². The maximum Gasteiger partial charge on any atom is 0.151 e. The third-order valence-corrected chi connectivity index (χ3v) is 2.09. The molecule has 0 spiro atoms. The minimum Gasteiger partial charge on any atom is -0.394 e. The Balaban J connectivity index is 0. The van der Waals surface area contributed by atoms with Crippen LogP contribution in [0, 0.1) is 0 Å². The molecule has 1 rings (SSSR count). The molecule has 7 heteroatoms. The Hall–Kier alpha value is -0.960. The molecule has 0 aliphatic heterocycles. The number of aliphatic hydroxyl groups is 5. The van der Waals surface area contributed by atoms with E-state index in [1.54, 1.807) is 0 Å². The Labute approximate surface area is 118 Å². The van der Waals surface area contributed by atoms with Crippen LogP contribution in [0.25, 0.3) is 0 Å². The second-order valence-corrected chi connectivity index (χ2v) is 3.51. The van der Waals surface area contributed by atoms with Gasteiger partial charge in [0.15, 0.2) is 6.29 Å². The number of hydrogen-bond acceptors (Lipinski definition) is 6. The Kier molecular flexibility index (Phi) is 13.0. The standard InChI is InChI=1S/C6H12O6.C6H6.H2S/c7-1-3(9)5(11)6(12)4(10)2-8;1-2-4-6-5-3-1;/h1,3-6,8-12H,2H2;1-6H;1H2. The molecule has 0 bridgehead atoms. The zero-order valence-corrected chi connectivity index (χ0v) is 11.2. The van der Waals surface area contributed by atoms with E-state index < -0.39 is 31.0 Å². The molecule has 0 amide bonds. The molecule has 0 saturated heterocycles. The molecule has 19 heavy (non-hydrogen) atoms. The van der Waals surface area contributed by atoms with Gasteiger partial charge in [-0.3, -0.25) is 0 Å². The zero-order valence-electron chi connectivity index (χ0n) is 10.2. The fourth-order valence-electron chi connectivity index (χ4n) is 1.00. The number of aldehydes is 1. The SMILES string of the molecule is O=CC(O)C(O)C(O)C(O)CO.S.c1ccccc1. The fourth-order valence-corrected chi connectivity index (χ4v) is 1.00. The first kappa shape index (κ1) is 20.4. The third-order valence-electron chi connectivity index (χ3n) is 2.09. The maximum absolute atomic E-state index is 9.90. The minimum atomic E-state index is -1.79. The van der Waals surface area contributed by atoms with Crippen molar-refractivity contribution in [3.63, 3.8) is 0 Å². The predicted molar refractivity (Wildman–Crippen MR) is 74.0 cm³/mol. The summed E-state index contributed by atoms with van der Waals surface area (Å²) in [5, 5.41) is 43.5. The van der Waals surface area contributed by atoms with E-state index in [9.17, 15) is 4.79 Å². The van der Waals surface area contributed by atoms with Crippen molar-refractivity contribution in [1.29, 1.82) is 0 Å². The molecule has 4 unspecified atom stereocenters. The number of carbonyl (C=O) groups is 1. The molecule has 110 valence electrons. The average molecular weight is 292 g/mol. The van der Waals surface area contributed by atoms with Gasteiger partial charge in [0, 0.05) is 0 Å². The summed E-state index contributed by atoms with van der Waals surface area (Å²) in [6.07, 6.45) is -6.84. The van der Waals surface area contributed by atoms with E-state index in [1.165, 1.54) is 0 Å². The second kappa shape index (κ2) is 12.1. The highest BCUT2D eigenvalue weighted by Crippen LogP contribution is 2.02. The molecule has 0 aliphatic rings. The summed E-state index contributed by atoms with van der Waals surface area (Å²) in [5.74, 6) is 0. The smallest absolute Gasteiger partial charge is 0.151 e. The van der Waals surface area contributed by atoms with Gasteiger partial charge in [-0.2, -0.15) is 13.5 Å². The van der Waals surface area contributed by atoms with Crippen LogP contribution in [-0.2, 0) is 4.79 Å². The van der Waals surface area contributed by atoms with E-state index in [0.717, 1.165) is 0 Å². The van der Waals surface area contributed by atoms with Crippen molar-refractivity contribution in [2.45, 2.75) is 24.4 Å². The van der Waals surface area contributed by atoms with Crippen LogP contribution in [0.1, 0.15) is 0 Å². The van der Waals surface area contributed by atoms with E-state index in [2.05, 4.69) is 0 Å². The largest absolute Gasteiger partial charge is 0.394 e. The molecule has 1 aromatic carbocycles. The molecule has 5 N–H and O–H groups in total. The molecule has 0 aromatic heterocycles. The first-order valence-electron chi connectivity index (χ1n) is 5.33. The van der Waals surface area contributed by atoms with Crippen LogP contribution in [0.5, 0.6) is 0 Å². The minimum absolute atomic E-state index is 0. The van der Waals surface area contributed by atoms with Crippen LogP contribution in [0.15, 0.2) is 36.4 Å². The summed E-state index contributed by atoms with van der Waals surface area (Å²) in [4.78, 5) is 9.90. The van der Waals surface area contributed by atoms with E-state index in [4.69, 9.17) is 25.5 Å². The van der Waals surface area contributed by atoms with Gasteiger partial charge in [0.1, 0.15) is 24.4 Å². The van der Waals surface area contributed by atoms with Crippen LogP contribution in [0.4, 0.5) is 0 Å². The first-order chi connectivity index (χ1) is 8.54. The molecule has 0 heterocycles. The predicted octanol–water partition coefficient (Wildman–Crippen LogP) is -1.58. The average Bonchev–Trinajstić information content (AvgIpc) is 2.46. The molecule has 0 radical (unpaired) electrons. The van der Waals surface area contributed by atoms with Crippen molar-refractivity contribution in [3.05, 3.63) is 36.4 Å². The summed E-state index contributed by atoms with van der Waals surface area (Å²) >= 11 is 0. The van der Waals surface area contributed by atoms with Gasteiger partial charge >= 0.3 is 0 Å². The topological polar surface area (TPSA) is 118 Å². The van der Waals surface area contributed by atoms with Gasteiger partial charge in [-0.1, -0.05) is 36.4 Å². The number of carbonyl (C=O) groups excluding carboxylic acids is 1. The van der Waals surface area contributed by atoms with Crippen molar-refractivity contribution in [2.75, 3.05) is 6.61 Å². The van der Waals surface area contributed by atoms with Crippen molar-refractivity contribution in [3.8, 4) is 0 Å². The van der Waals surface area contributed by atoms with E-state index in [0.29, 0.717) is 0 Å². The Bertz CT molecular complexity index is 284.